The van der Waals surface area contributed by atoms with Gasteiger partial charge in [0, 0.05) is 30.0 Å². The molecule has 0 aliphatic carbocycles. The molecule has 0 saturated carbocycles. The van der Waals surface area contributed by atoms with Crippen molar-refractivity contribution in [1.82, 2.24) is 14.9 Å². The third kappa shape index (κ3) is 3.35. The summed E-state index contributed by atoms with van der Waals surface area (Å²) < 4.78 is 2.25. The molecule has 3 rings (SSSR count). The smallest absolute Gasteiger partial charge is 0.0994 e. The van der Waals surface area contributed by atoms with Crippen LogP contribution in [0.1, 0.15) is 49.8 Å². The lowest BCUT2D eigenvalue weighted by molar-refractivity contribution is 0.451. The lowest BCUT2D eigenvalue weighted by atomic mass is 9.96. The monoisotopic (exact) mass is 283 g/mol. The molecule has 21 heavy (non-hydrogen) atoms. The molecule has 3 nitrogen and oxygen atoms in total. The Morgan fingerprint density at radius 1 is 1.29 bits per heavy atom. The van der Waals surface area contributed by atoms with E-state index in [-0.39, 0.29) is 0 Å². The van der Waals surface area contributed by atoms with Crippen LogP contribution >= 0.6 is 0 Å². The zero-order chi connectivity index (χ0) is 14.5. The number of benzene rings is 1. The number of nitrogens with zero attached hydrogens (tertiary/aromatic N) is 2. The summed E-state index contributed by atoms with van der Waals surface area (Å²) in [6.07, 6.45) is 10.2. The van der Waals surface area contributed by atoms with Crippen LogP contribution in [0.5, 0.6) is 0 Å². The molecule has 112 valence electrons. The summed E-state index contributed by atoms with van der Waals surface area (Å²) in [5.74, 6) is 0.584. The van der Waals surface area contributed by atoms with Crippen molar-refractivity contribution >= 4 is 0 Å². The molecule has 1 atom stereocenters. The van der Waals surface area contributed by atoms with E-state index >= 15 is 0 Å². The molecule has 1 N–H and O–H groups in total. The van der Waals surface area contributed by atoms with Gasteiger partial charge in [-0.1, -0.05) is 25.5 Å². The van der Waals surface area contributed by atoms with E-state index in [4.69, 9.17) is 0 Å². The second-order valence-electron chi connectivity index (χ2n) is 6.00. The van der Waals surface area contributed by atoms with Gasteiger partial charge < -0.3 is 9.88 Å². The van der Waals surface area contributed by atoms with Gasteiger partial charge in [0.25, 0.3) is 0 Å². The molecule has 2 heterocycles. The molecule has 1 aliphatic rings. The third-order valence-electron chi connectivity index (χ3n) is 4.42. The molecule has 0 bridgehead atoms. The highest BCUT2D eigenvalue weighted by Gasteiger charge is 2.19. The number of rotatable bonds is 5. The van der Waals surface area contributed by atoms with Gasteiger partial charge in [-0.15, -0.1) is 0 Å². The second-order valence-corrected chi connectivity index (χ2v) is 6.00. The molecular weight excluding hydrogens is 258 g/mol. The van der Waals surface area contributed by atoms with Crippen molar-refractivity contribution in [2.45, 2.75) is 44.9 Å². The Balaban J connectivity index is 1.78. The Labute approximate surface area is 127 Å². The lowest BCUT2D eigenvalue weighted by Crippen LogP contribution is -2.29. The van der Waals surface area contributed by atoms with Crippen molar-refractivity contribution in [1.29, 1.82) is 0 Å². The fourth-order valence-corrected chi connectivity index (χ4v) is 3.13. The number of imidazole rings is 1. The Morgan fingerprint density at radius 3 is 2.86 bits per heavy atom. The van der Waals surface area contributed by atoms with Crippen LogP contribution in [0, 0.1) is 0 Å². The average molecular weight is 283 g/mol. The highest BCUT2D eigenvalue weighted by Crippen LogP contribution is 2.25. The van der Waals surface area contributed by atoms with Crippen molar-refractivity contribution in [3.8, 4) is 5.69 Å². The van der Waals surface area contributed by atoms with E-state index in [2.05, 4.69) is 46.1 Å². The molecule has 2 aromatic rings. The quantitative estimate of drug-likeness (QED) is 0.907. The van der Waals surface area contributed by atoms with Gasteiger partial charge in [0.2, 0.25) is 0 Å². The maximum atomic E-state index is 4.38. The largest absolute Gasteiger partial charge is 0.316 e. The maximum absolute atomic E-state index is 4.38. The van der Waals surface area contributed by atoms with Crippen LogP contribution in [0.15, 0.2) is 36.8 Å². The Morgan fingerprint density at radius 2 is 2.14 bits per heavy atom. The highest BCUT2D eigenvalue weighted by atomic mass is 15.1. The molecule has 0 spiro atoms. The summed E-state index contributed by atoms with van der Waals surface area (Å²) in [6.45, 7) is 4.46. The minimum absolute atomic E-state index is 0.584. The SMILES string of the molecule is CCCCc1ccc(-n2cncc2C2CCCNC2)cc1. The number of aryl methyl sites for hydroxylation is 1. The first-order valence-corrected chi connectivity index (χ1v) is 8.20. The lowest BCUT2D eigenvalue weighted by Gasteiger charge is -2.23. The summed E-state index contributed by atoms with van der Waals surface area (Å²) >= 11 is 0. The number of nitrogens with one attached hydrogen (secondary N) is 1. The zero-order valence-electron chi connectivity index (χ0n) is 12.9. The van der Waals surface area contributed by atoms with E-state index < -0.39 is 0 Å². The average Bonchev–Trinajstić information content (AvgIpc) is 3.04. The molecule has 0 amide bonds. The van der Waals surface area contributed by atoms with Crippen LogP contribution in [0.4, 0.5) is 0 Å². The number of hydrogen-bond acceptors (Lipinski definition) is 2. The fraction of sp³-hybridized carbons (Fsp3) is 0.500. The first kappa shape index (κ1) is 14.3. The first-order valence-electron chi connectivity index (χ1n) is 8.20. The summed E-state index contributed by atoms with van der Waals surface area (Å²) in [6, 6.07) is 8.97. The summed E-state index contributed by atoms with van der Waals surface area (Å²) in [4.78, 5) is 4.38. The predicted octanol–water partition coefficient (Wildman–Crippen LogP) is 3.68. The van der Waals surface area contributed by atoms with E-state index in [1.807, 2.05) is 12.5 Å². The third-order valence-corrected chi connectivity index (χ3v) is 4.42. The number of aromatic nitrogens is 2. The van der Waals surface area contributed by atoms with Crippen LogP contribution < -0.4 is 5.32 Å². The number of unbranched alkanes of at least 4 members (excludes halogenated alkanes) is 1. The molecule has 1 aromatic carbocycles. The number of hydrogen-bond donors (Lipinski definition) is 1. The van der Waals surface area contributed by atoms with E-state index in [9.17, 15) is 0 Å². The molecular formula is C18H25N3. The topological polar surface area (TPSA) is 29.9 Å². The van der Waals surface area contributed by atoms with Crippen LogP contribution in [-0.2, 0) is 6.42 Å². The van der Waals surface area contributed by atoms with E-state index in [0.717, 1.165) is 13.1 Å². The highest BCUT2D eigenvalue weighted by molar-refractivity contribution is 5.37. The van der Waals surface area contributed by atoms with Crippen molar-refractivity contribution < 1.29 is 0 Å². The van der Waals surface area contributed by atoms with E-state index in [0.29, 0.717) is 5.92 Å². The van der Waals surface area contributed by atoms with Crippen LogP contribution in [0.2, 0.25) is 0 Å². The molecule has 1 fully saturated rings. The molecule has 0 radical (unpaired) electrons. The van der Waals surface area contributed by atoms with Gasteiger partial charge in [-0.05, 0) is 49.9 Å². The normalized spacial score (nSPS) is 18.8. The van der Waals surface area contributed by atoms with Gasteiger partial charge >= 0.3 is 0 Å². The Kier molecular flexibility index (Phi) is 4.71. The zero-order valence-corrected chi connectivity index (χ0v) is 12.9. The molecule has 1 aromatic heterocycles. The van der Waals surface area contributed by atoms with Crippen molar-refractivity contribution in [3.63, 3.8) is 0 Å². The summed E-state index contributed by atoms with van der Waals surface area (Å²) in [7, 11) is 0. The standard InChI is InChI=1S/C18H25N3/c1-2-3-5-15-7-9-17(10-8-15)21-14-20-13-18(21)16-6-4-11-19-12-16/h7-10,13-14,16,19H,2-6,11-12H2,1H3. The summed E-state index contributed by atoms with van der Waals surface area (Å²) in [5.41, 5.74) is 4.00. The van der Waals surface area contributed by atoms with Crippen molar-refractivity contribution in [2.24, 2.45) is 0 Å². The van der Waals surface area contributed by atoms with Gasteiger partial charge in [0.15, 0.2) is 0 Å². The number of piperidine rings is 1. The Hall–Kier alpha value is -1.61. The molecule has 1 unspecified atom stereocenters. The van der Waals surface area contributed by atoms with Gasteiger partial charge in [-0.25, -0.2) is 4.98 Å². The van der Waals surface area contributed by atoms with Crippen LogP contribution in [0.3, 0.4) is 0 Å². The molecule has 3 heteroatoms. The van der Waals surface area contributed by atoms with Gasteiger partial charge in [-0.2, -0.15) is 0 Å². The fourth-order valence-electron chi connectivity index (χ4n) is 3.13. The first-order chi connectivity index (χ1) is 10.4. The van der Waals surface area contributed by atoms with Gasteiger partial charge in [-0.3, -0.25) is 0 Å². The van der Waals surface area contributed by atoms with Gasteiger partial charge in [0.05, 0.1) is 6.33 Å². The second kappa shape index (κ2) is 6.90. The van der Waals surface area contributed by atoms with Gasteiger partial charge in [0.1, 0.15) is 0 Å². The minimum atomic E-state index is 0.584. The minimum Gasteiger partial charge on any atom is -0.316 e. The van der Waals surface area contributed by atoms with E-state index in [1.54, 1.807) is 0 Å². The van der Waals surface area contributed by atoms with Crippen LogP contribution in [-0.4, -0.2) is 22.6 Å². The molecule has 1 aliphatic heterocycles. The molecule has 1 saturated heterocycles. The Bertz CT molecular complexity index is 550. The predicted molar refractivity (Wildman–Crippen MR) is 87.0 cm³/mol. The van der Waals surface area contributed by atoms with Crippen molar-refractivity contribution in [3.05, 3.63) is 48.0 Å². The van der Waals surface area contributed by atoms with Crippen molar-refractivity contribution in [2.75, 3.05) is 13.1 Å². The summed E-state index contributed by atoms with van der Waals surface area (Å²) in [5, 5.41) is 3.49. The van der Waals surface area contributed by atoms with Crippen LogP contribution in [0.25, 0.3) is 5.69 Å². The maximum Gasteiger partial charge on any atom is 0.0994 e. The van der Waals surface area contributed by atoms with E-state index in [1.165, 1.54) is 49.0 Å².